The van der Waals surface area contributed by atoms with Crippen LogP contribution in [0.25, 0.3) is 10.8 Å². The highest BCUT2D eigenvalue weighted by atomic mass is 16.7. The van der Waals surface area contributed by atoms with E-state index in [9.17, 15) is 0 Å². The van der Waals surface area contributed by atoms with Crippen molar-refractivity contribution < 1.29 is 14.2 Å². The van der Waals surface area contributed by atoms with Crippen LogP contribution < -0.4 is 4.74 Å². The van der Waals surface area contributed by atoms with E-state index in [1.54, 1.807) is 7.11 Å². The lowest BCUT2D eigenvalue weighted by atomic mass is 10.0. The molecule has 0 N–H and O–H groups in total. The Hall–Kier alpha value is -1.58. The molecule has 2 aromatic carbocycles. The van der Waals surface area contributed by atoms with Crippen molar-refractivity contribution in [3.63, 3.8) is 0 Å². The Morgan fingerprint density at radius 1 is 1.00 bits per heavy atom. The van der Waals surface area contributed by atoms with Crippen molar-refractivity contribution in [2.24, 2.45) is 0 Å². The maximum Gasteiger partial charge on any atom is 0.184 e. The number of hydrogen-bond acceptors (Lipinski definition) is 3. The second kappa shape index (κ2) is 4.35. The molecule has 3 rings (SSSR count). The Balaban J connectivity index is 2.19. The predicted molar refractivity (Wildman–Crippen MR) is 65.1 cm³/mol. The van der Waals surface area contributed by atoms with E-state index < -0.39 is 0 Å². The first-order chi connectivity index (χ1) is 8.40. The first-order valence-corrected chi connectivity index (χ1v) is 5.69. The SMILES string of the molecule is COc1ccc(C2OCCO2)c2ccccc12. The summed E-state index contributed by atoms with van der Waals surface area (Å²) in [5.74, 6) is 0.877. The summed E-state index contributed by atoms with van der Waals surface area (Å²) in [6, 6.07) is 12.1. The summed E-state index contributed by atoms with van der Waals surface area (Å²) in [6.07, 6.45) is -0.245. The zero-order valence-corrected chi connectivity index (χ0v) is 9.68. The lowest BCUT2D eigenvalue weighted by Crippen LogP contribution is -1.99. The molecule has 3 nitrogen and oxygen atoms in total. The number of hydrogen-bond donors (Lipinski definition) is 0. The molecule has 1 aliphatic rings. The van der Waals surface area contributed by atoms with E-state index in [-0.39, 0.29) is 6.29 Å². The fourth-order valence-corrected chi connectivity index (χ4v) is 2.22. The Morgan fingerprint density at radius 3 is 2.41 bits per heavy atom. The van der Waals surface area contributed by atoms with E-state index in [1.807, 2.05) is 30.3 Å². The highest BCUT2D eigenvalue weighted by Crippen LogP contribution is 2.34. The van der Waals surface area contributed by atoms with Crippen LogP contribution in [-0.2, 0) is 9.47 Å². The van der Waals surface area contributed by atoms with Gasteiger partial charge in [-0.3, -0.25) is 0 Å². The van der Waals surface area contributed by atoms with Gasteiger partial charge in [-0.2, -0.15) is 0 Å². The van der Waals surface area contributed by atoms with E-state index in [2.05, 4.69) is 6.07 Å². The summed E-state index contributed by atoms with van der Waals surface area (Å²) in [5, 5.41) is 2.21. The summed E-state index contributed by atoms with van der Waals surface area (Å²) < 4.78 is 16.5. The Bertz CT molecular complexity index is 530. The molecule has 0 amide bonds. The van der Waals surface area contributed by atoms with Crippen LogP contribution in [0.1, 0.15) is 11.9 Å². The molecule has 0 aliphatic carbocycles. The van der Waals surface area contributed by atoms with Gasteiger partial charge in [0.2, 0.25) is 0 Å². The van der Waals surface area contributed by atoms with Crippen molar-refractivity contribution in [1.29, 1.82) is 0 Å². The van der Waals surface area contributed by atoms with Crippen LogP contribution in [-0.4, -0.2) is 20.3 Å². The second-order valence-electron chi connectivity index (χ2n) is 3.98. The van der Waals surface area contributed by atoms with Crippen LogP contribution in [0.2, 0.25) is 0 Å². The van der Waals surface area contributed by atoms with Gasteiger partial charge >= 0.3 is 0 Å². The topological polar surface area (TPSA) is 27.7 Å². The zero-order chi connectivity index (χ0) is 11.7. The van der Waals surface area contributed by atoms with Crippen LogP contribution in [0, 0.1) is 0 Å². The fourth-order valence-electron chi connectivity index (χ4n) is 2.22. The lowest BCUT2D eigenvalue weighted by molar-refractivity contribution is -0.0430. The van der Waals surface area contributed by atoms with Crippen molar-refractivity contribution in [3.05, 3.63) is 42.0 Å². The normalized spacial score (nSPS) is 16.5. The third kappa shape index (κ3) is 1.77. The molecule has 1 heterocycles. The molecule has 0 radical (unpaired) electrons. The lowest BCUT2D eigenvalue weighted by Gasteiger charge is -2.14. The molecule has 0 unspecified atom stereocenters. The van der Waals surface area contributed by atoms with E-state index in [0.29, 0.717) is 13.2 Å². The van der Waals surface area contributed by atoms with E-state index in [1.165, 1.54) is 0 Å². The van der Waals surface area contributed by atoms with Crippen LogP contribution in [0.5, 0.6) is 5.75 Å². The molecule has 0 saturated carbocycles. The van der Waals surface area contributed by atoms with Crippen molar-refractivity contribution in [1.82, 2.24) is 0 Å². The molecule has 1 saturated heterocycles. The molecule has 88 valence electrons. The van der Waals surface area contributed by atoms with Gasteiger partial charge < -0.3 is 14.2 Å². The van der Waals surface area contributed by atoms with Gasteiger partial charge in [0, 0.05) is 10.9 Å². The number of methoxy groups -OCH3 is 1. The first kappa shape index (κ1) is 10.6. The van der Waals surface area contributed by atoms with Crippen LogP contribution in [0.15, 0.2) is 36.4 Å². The summed E-state index contributed by atoms with van der Waals surface area (Å²) in [6.45, 7) is 1.32. The highest BCUT2D eigenvalue weighted by Gasteiger charge is 2.21. The molecule has 1 aliphatic heterocycles. The monoisotopic (exact) mass is 230 g/mol. The van der Waals surface area contributed by atoms with Crippen molar-refractivity contribution in [2.75, 3.05) is 20.3 Å². The highest BCUT2D eigenvalue weighted by molar-refractivity contribution is 5.91. The van der Waals surface area contributed by atoms with Gasteiger partial charge in [0.25, 0.3) is 0 Å². The largest absolute Gasteiger partial charge is 0.496 e. The van der Waals surface area contributed by atoms with Crippen molar-refractivity contribution in [3.8, 4) is 5.75 Å². The summed E-state index contributed by atoms with van der Waals surface area (Å²) in [5.41, 5.74) is 1.07. The van der Waals surface area contributed by atoms with Gasteiger partial charge in [-0.1, -0.05) is 24.3 Å². The minimum Gasteiger partial charge on any atom is -0.496 e. The van der Waals surface area contributed by atoms with E-state index in [4.69, 9.17) is 14.2 Å². The van der Waals surface area contributed by atoms with Gasteiger partial charge in [-0.05, 0) is 17.5 Å². The molecule has 3 heteroatoms. The Labute approximate surface area is 99.9 Å². The molecule has 2 aromatic rings. The molecular weight excluding hydrogens is 216 g/mol. The van der Waals surface area contributed by atoms with E-state index in [0.717, 1.165) is 22.1 Å². The molecule has 0 bridgehead atoms. The van der Waals surface area contributed by atoms with Crippen LogP contribution >= 0.6 is 0 Å². The second-order valence-corrected chi connectivity index (χ2v) is 3.98. The minimum atomic E-state index is -0.245. The maximum atomic E-state index is 5.56. The van der Waals surface area contributed by atoms with Crippen LogP contribution in [0.4, 0.5) is 0 Å². The van der Waals surface area contributed by atoms with Crippen LogP contribution in [0.3, 0.4) is 0 Å². The molecule has 0 spiro atoms. The third-order valence-electron chi connectivity index (χ3n) is 3.01. The molecule has 0 aromatic heterocycles. The van der Waals surface area contributed by atoms with Gasteiger partial charge in [0.1, 0.15) is 5.75 Å². The summed E-state index contributed by atoms with van der Waals surface area (Å²) in [4.78, 5) is 0. The molecule has 0 atom stereocenters. The number of benzene rings is 2. The average Bonchev–Trinajstić information content (AvgIpc) is 2.91. The average molecular weight is 230 g/mol. The molecule has 1 fully saturated rings. The molecule has 17 heavy (non-hydrogen) atoms. The zero-order valence-electron chi connectivity index (χ0n) is 9.68. The molecular formula is C14H14O3. The minimum absolute atomic E-state index is 0.245. The van der Waals surface area contributed by atoms with Gasteiger partial charge in [0.15, 0.2) is 6.29 Å². The first-order valence-electron chi connectivity index (χ1n) is 5.69. The van der Waals surface area contributed by atoms with Crippen molar-refractivity contribution in [2.45, 2.75) is 6.29 Å². The quantitative estimate of drug-likeness (QED) is 0.794. The van der Waals surface area contributed by atoms with Gasteiger partial charge in [-0.15, -0.1) is 0 Å². The standard InChI is InChI=1S/C14H14O3/c1-15-13-7-6-12(14-16-8-9-17-14)10-4-2-3-5-11(10)13/h2-7,14H,8-9H2,1H3. The maximum absolute atomic E-state index is 5.56. The predicted octanol–water partition coefficient (Wildman–Crippen LogP) is 2.89. The number of ether oxygens (including phenoxy) is 3. The number of fused-ring (bicyclic) bond motifs is 1. The fraction of sp³-hybridized carbons (Fsp3) is 0.286. The summed E-state index contributed by atoms with van der Waals surface area (Å²) >= 11 is 0. The van der Waals surface area contributed by atoms with Gasteiger partial charge in [0.05, 0.1) is 20.3 Å². The van der Waals surface area contributed by atoms with E-state index >= 15 is 0 Å². The van der Waals surface area contributed by atoms with Gasteiger partial charge in [-0.25, -0.2) is 0 Å². The third-order valence-corrected chi connectivity index (χ3v) is 3.01. The smallest absolute Gasteiger partial charge is 0.184 e. The Morgan fingerprint density at radius 2 is 1.71 bits per heavy atom. The Kier molecular flexibility index (Phi) is 2.71. The summed E-state index contributed by atoms with van der Waals surface area (Å²) in [7, 11) is 1.68. The van der Waals surface area contributed by atoms with Crippen molar-refractivity contribution >= 4 is 10.8 Å². The number of rotatable bonds is 2.